The molecule has 7 nitrogen and oxygen atoms in total. The molecule has 0 bridgehead atoms. The van der Waals surface area contributed by atoms with E-state index in [-0.39, 0.29) is 5.84 Å². The fourth-order valence-corrected chi connectivity index (χ4v) is 3.88. The number of unbranched alkanes of at least 4 members (excludes halogenated alkanes) is 2. The Morgan fingerprint density at radius 1 is 0.968 bits per heavy atom. The van der Waals surface area contributed by atoms with Crippen LogP contribution in [0.3, 0.4) is 0 Å². The van der Waals surface area contributed by atoms with Gasteiger partial charge in [-0.15, -0.1) is 11.3 Å². The Labute approximate surface area is 186 Å². The van der Waals surface area contributed by atoms with Crippen molar-refractivity contribution in [3.05, 3.63) is 59.0 Å². The first-order valence-corrected chi connectivity index (χ1v) is 11.1. The second kappa shape index (κ2) is 11.2. The van der Waals surface area contributed by atoms with Crippen molar-refractivity contribution in [1.82, 2.24) is 4.98 Å². The smallest absolute Gasteiger partial charge is 0.180 e. The number of rotatable bonds is 11. The summed E-state index contributed by atoms with van der Waals surface area (Å²) in [5, 5.41) is 12.2. The molecule has 8 heteroatoms. The van der Waals surface area contributed by atoms with Gasteiger partial charge in [0.15, 0.2) is 11.0 Å². The van der Waals surface area contributed by atoms with Gasteiger partial charge in [0.2, 0.25) is 0 Å². The lowest BCUT2D eigenvalue weighted by atomic mass is 10.1. The molecular formula is C23H28N4O3S. The molecule has 31 heavy (non-hydrogen) atoms. The Hall–Kier alpha value is -3.26. The van der Waals surface area contributed by atoms with Crippen molar-refractivity contribution in [1.29, 1.82) is 0 Å². The van der Waals surface area contributed by atoms with Crippen LogP contribution in [0.2, 0.25) is 0 Å². The number of nitrogens with zero attached hydrogens (tertiary/aromatic N) is 2. The second-order valence-corrected chi connectivity index (χ2v) is 8.08. The largest absolute Gasteiger partial charge is 0.494 e. The molecule has 0 unspecified atom stereocenters. The number of hydrogen-bond acceptors (Lipinski definition) is 7. The number of benzene rings is 2. The number of nitrogen functional groups attached to an aromatic ring is 1. The van der Waals surface area contributed by atoms with Gasteiger partial charge < -0.3 is 26.1 Å². The predicted octanol–water partition coefficient (Wildman–Crippen LogP) is 4.68. The van der Waals surface area contributed by atoms with Gasteiger partial charge in [-0.25, -0.2) is 4.98 Å². The monoisotopic (exact) mass is 440 g/mol. The number of thiazole rings is 1. The van der Waals surface area contributed by atoms with Crippen LogP contribution in [0.1, 0.15) is 36.6 Å². The lowest BCUT2D eigenvalue weighted by Gasteiger charge is -2.08. The maximum absolute atomic E-state index is 8.67. The normalized spacial score (nSPS) is 11.5. The molecule has 3 aromatic rings. The summed E-state index contributed by atoms with van der Waals surface area (Å²) in [6.07, 6.45) is 3.83. The van der Waals surface area contributed by atoms with E-state index in [1.54, 1.807) is 23.5 Å². The van der Waals surface area contributed by atoms with E-state index < -0.39 is 0 Å². The van der Waals surface area contributed by atoms with Gasteiger partial charge in [-0.2, -0.15) is 0 Å². The number of anilines is 1. The van der Waals surface area contributed by atoms with Crippen LogP contribution in [-0.4, -0.2) is 29.2 Å². The van der Waals surface area contributed by atoms with E-state index in [2.05, 4.69) is 17.1 Å². The fourth-order valence-electron chi connectivity index (χ4n) is 3.08. The van der Waals surface area contributed by atoms with Crippen molar-refractivity contribution in [3.63, 3.8) is 0 Å². The van der Waals surface area contributed by atoms with Gasteiger partial charge >= 0.3 is 0 Å². The summed E-state index contributed by atoms with van der Waals surface area (Å²) in [6.45, 7) is 3.41. The Bertz CT molecular complexity index is 985. The van der Waals surface area contributed by atoms with Crippen LogP contribution in [0.25, 0.3) is 11.3 Å². The standard InChI is InChI=1S/C23H28N4O3S/c1-2-20-21(26-23(25)31-20)16-6-10-18(11-7-16)29-14-4-3-5-15-30-19-12-8-17(9-13-19)22(24)27-28/h6-13,28H,2-5,14-15H2,1H3,(H2,24,27)(H2,25,26). The molecule has 0 saturated carbocycles. The van der Waals surface area contributed by atoms with Crippen LogP contribution in [-0.2, 0) is 6.42 Å². The van der Waals surface area contributed by atoms with E-state index in [0.717, 1.165) is 48.4 Å². The number of hydrogen-bond donors (Lipinski definition) is 3. The summed E-state index contributed by atoms with van der Waals surface area (Å²) in [5.41, 5.74) is 14.1. The summed E-state index contributed by atoms with van der Waals surface area (Å²) >= 11 is 1.54. The first-order valence-electron chi connectivity index (χ1n) is 10.3. The SMILES string of the molecule is CCc1sc(N)nc1-c1ccc(OCCCCCOc2ccc(/C(N)=N/O)cc2)cc1. The summed E-state index contributed by atoms with van der Waals surface area (Å²) < 4.78 is 11.6. The van der Waals surface area contributed by atoms with Gasteiger partial charge in [-0.05, 0) is 74.2 Å². The highest BCUT2D eigenvalue weighted by Crippen LogP contribution is 2.31. The summed E-state index contributed by atoms with van der Waals surface area (Å²) in [6, 6.07) is 15.2. The summed E-state index contributed by atoms with van der Waals surface area (Å²) in [5.74, 6) is 1.70. The van der Waals surface area contributed by atoms with E-state index in [0.29, 0.717) is 23.9 Å². The quantitative estimate of drug-likeness (QED) is 0.131. The van der Waals surface area contributed by atoms with Crippen molar-refractivity contribution in [2.75, 3.05) is 18.9 Å². The summed E-state index contributed by atoms with van der Waals surface area (Å²) in [7, 11) is 0. The minimum atomic E-state index is 0.0831. The molecule has 0 aliphatic heterocycles. The minimum Gasteiger partial charge on any atom is -0.494 e. The molecule has 0 aliphatic rings. The van der Waals surface area contributed by atoms with E-state index >= 15 is 0 Å². The molecule has 0 saturated heterocycles. The Morgan fingerprint density at radius 3 is 2.10 bits per heavy atom. The minimum absolute atomic E-state index is 0.0831. The Balaban J connectivity index is 1.34. The van der Waals surface area contributed by atoms with Crippen LogP contribution in [0.15, 0.2) is 53.7 Å². The molecule has 2 aromatic carbocycles. The van der Waals surface area contributed by atoms with Crippen molar-refractivity contribution in [2.45, 2.75) is 32.6 Å². The first-order chi connectivity index (χ1) is 15.1. The zero-order valence-electron chi connectivity index (χ0n) is 17.6. The molecule has 0 fully saturated rings. The van der Waals surface area contributed by atoms with Crippen LogP contribution in [0, 0.1) is 0 Å². The highest BCUT2D eigenvalue weighted by Gasteiger charge is 2.10. The molecule has 0 atom stereocenters. The maximum Gasteiger partial charge on any atom is 0.180 e. The predicted molar refractivity (Wildman–Crippen MR) is 125 cm³/mol. The number of oxime groups is 1. The number of ether oxygens (including phenoxy) is 2. The third-order valence-electron chi connectivity index (χ3n) is 4.75. The van der Waals surface area contributed by atoms with Gasteiger partial charge in [-0.1, -0.05) is 12.1 Å². The van der Waals surface area contributed by atoms with Crippen molar-refractivity contribution in [2.24, 2.45) is 10.9 Å². The second-order valence-electron chi connectivity index (χ2n) is 6.97. The average molecular weight is 441 g/mol. The zero-order valence-corrected chi connectivity index (χ0v) is 18.4. The van der Waals surface area contributed by atoms with Crippen LogP contribution >= 0.6 is 11.3 Å². The zero-order chi connectivity index (χ0) is 22.1. The van der Waals surface area contributed by atoms with Crippen LogP contribution in [0.5, 0.6) is 11.5 Å². The molecule has 164 valence electrons. The maximum atomic E-state index is 8.67. The number of nitrogens with two attached hydrogens (primary N) is 2. The molecular weight excluding hydrogens is 412 g/mol. The molecule has 0 spiro atoms. The summed E-state index contributed by atoms with van der Waals surface area (Å²) in [4.78, 5) is 5.65. The number of aromatic nitrogens is 1. The van der Waals surface area contributed by atoms with Crippen molar-refractivity contribution in [3.8, 4) is 22.8 Å². The molecule has 0 aliphatic carbocycles. The van der Waals surface area contributed by atoms with E-state index in [1.165, 1.54) is 4.88 Å². The lowest BCUT2D eigenvalue weighted by molar-refractivity contribution is 0.279. The van der Waals surface area contributed by atoms with Gasteiger partial charge in [0.25, 0.3) is 0 Å². The Morgan fingerprint density at radius 2 is 1.55 bits per heavy atom. The molecule has 0 amide bonds. The Kier molecular flexibility index (Phi) is 8.12. The van der Waals surface area contributed by atoms with Crippen LogP contribution < -0.4 is 20.9 Å². The van der Waals surface area contributed by atoms with E-state index in [4.69, 9.17) is 26.1 Å². The number of aryl methyl sites for hydroxylation is 1. The van der Waals surface area contributed by atoms with E-state index in [1.807, 2.05) is 36.4 Å². The molecule has 0 radical (unpaired) electrons. The van der Waals surface area contributed by atoms with Gasteiger partial charge in [0.1, 0.15) is 11.5 Å². The molecule has 1 heterocycles. The van der Waals surface area contributed by atoms with E-state index in [9.17, 15) is 0 Å². The molecule has 5 N–H and O–H groups in total. The van der Waals surface area contributed by atoms with Gasteiger partial charge in [-0.3, -0.25) is 0 Å². The highest BCUT2D eigenvalue weighted by atomic mass is 32.1. The van der Waals surface area contributed by atoms with Gasteiger partial charge in [0, 0.05) is 16.0 Å². The fraction of sp³-hybridized carbons (Fsp3) is 0.304. The molecule has 1 aromatic heterocycles. The van der Waals surface area contributed by atoms with Crippen molar-refractivity contribution >= 4 is 22.3 Å². The third-order valence-corrected chi connectivity index (χ3v) is 5.78. The number of amidine groups is 1. The topological polar surface area (TPSA) is 116 Å². The molecule has 3 rings (SSSR count). The van der Waals surface area contributed by atoms with Gasteiger partial charge in [0.05, 0.1) is 18.9 Å². The average Bonchev–Trinajstić information content (AvgIpc) is 3.19. The lowest BCUT2D eigenvalue weighted by Crippen LogP contribution is -2.12. The van der Waals surface area contributed by atoms with Crippen molar-refractivity contribution < 1.29 is 14.7 Å². The highest BCUT2D eigenvalue weighted by molar-refractivity contribution is 7.15. The third kappa shape index (κ3) is 6.36. The van der Waals surface area contributed by atoms with Crippen LogP contribution in [0.4, 0.5) is 5.13 Å². The first kappa shape index (κ1) is 22.4.